The van der Waals surface area contributed by atoms with Gasteiger partial charge in [0.15, 0.2) is 0 Å². The lowest BCUT2D eigenvalue weighted by molar-refractivity contribution is -0.122. The van der Waals surface area contributed by atoms with E-state index in [2.05, 4.69) is 0 Å². The number of hydrogen-bond donors (Lipinski definition) is 0. The quantitative estimate of drug-likeness (QED) is 0.775. The van der Waals surface area contributed by atoms with Gasteiger partial charge in [-0.25, -0.2) is 0 Å². The average molecular weight is 311 g/mol. The van der Waals surface area contributed by atoms with Gasteiger partial charge in [-0.15, -0.1) is 0 Å². The molecular weight excluding hydrogens is 286 g/mol. The molecule has 0 amide bonds. The summed E-state index contributed by atoms with van der Waals surface area (Å²) in [6.45, 7) is 7.65. The van der Waals surface area contributed by atoms with Crippen molar-refractivity contribution in [3.05, 3.63) is 53.9 Å². The van der Waals surface area contributed by atoms with Gasteiger partial charge in [0.1, 0.15) is 11.6 Å². The van der Waals surface area contributed by atoms with Crippen LogP contribution in [0.25, 0.3) is 5.69 Å². The molecule has 0 bridgehead atoms. The maximum Gasteiger partial charge on any atom is 0.139 e. The van der Waals surface area contributed by atoms with Crippen LogP contribution in [0.2, 0.25) is 0 Å². The topological polar surface area (TPSA) is 39.1 Å². The van der Waals surface area contributed by atoms with E-state index in [4.69, 9.17) is 0 Å². The van der Waals surface area contributed by atoms with Crippen molar-refractivity contribution in [2.75, 3.05) is 0 Å². The van der Waals surface area contributed by atoms with Gasteiger partial charge >= 0.3 is 0 Å². The standard InChI is InChI=1S/C20H25NO2/c1-14(2)19(22)10-16-12-21(18-8-6-5-7-9-18)13-17(16)11-20(23)15(3)4/h5-9,12-15H,10-11H2,1-4H3. The molecule has 1 heterocycles. The van der Waals surface area contributed by atoms with Crippen molar-refractivity contribution >= 4 is 11.6 Å². The Kier molecular flexibility index (Phi) is 5.54. The van der Waals surface area contributed by atoms with Gasteiger partial charge in [-0.3, -0.25) is 9.59 Å². The molecule has 1 aromatic carbocycles. The second-order valence-electron chi connectivity index (χ2n) is 6.65. The van der Waals surface area contributed by atoms with Crippen LogP contribution in [0, 0.1) is 11.8 Å². The summed E-state index contributed by atoms with van der Waals surface area (Å²) in [7, 11) is 0. The Hall–Kier alpha value is -2.16. The monoisotopic (exact) mass is 311 g/mol. The van der Waals surface area contributed by atoms with Crippen LogP contribution < -0.4 is 0 Å². The summed E-state index contributed by atoms with van der Waals surface area (Å²) in [4.78, 5) is 24.3. The summed E-state index contributed by atoms with van der Waals surface area (Å²) in [5.74, 6) is 0.413. The molecule has 0 unspecified atom stereocenters. The maximum atomic E-state index is 12.1. The van der Waals surface area contributed by atoms with Gasteiger partial charge in [0.05, 0.1) is 0 Å². The van der Waals surface area contributed by atoms with Crippen LogP contribution >= 0.6 is 0 Å². The van der Waals surface area contributed by atoms with Gasteiger partial charge in [0, 0.05) is 42.8 Å². The number of aromatic nitrogens is 1. The summed E-state index contributed by atoms with van der Waals surface area (Å²) >= 11 is 0. The maximum absolute atomic E-state index is 12.1. The van der Waals surface area contributed by atoms with Crippen LogP contribution in [0.4, 0.5) is 0 Å². The number of carbonyl (C=O) groups is 2. The molecule has 1 aromatic heterocycles. The Bertz CT molecular complexity index is 641. The van der Waals surface area contributed by atoms with Gasteiger partial charge in [-0.1, -0.05) is 45.9 Å². The van der Waals surface area contributed by atoms with Crippen molar-refractivity contribution < 1.29 is 9.59 Å². The molecule has 0 aliphatic carbocycles. The Morgan fingerprint density at radius 3 is 1.65 bits per heavy atom. The summed E-state index contributed by atoms with van der Waals surface area (Å²) in [6.07, 6.45) is 4.74. The fraction of sp³-hybridized carbons (Fsp3) is 0.400. The third-order valence-corrected chi connectivity index (χ3v) is 4.07. The van der Waals surface area contributed by atoms with E-state index in [9.17, 15) is 9.59 Å². The molecule has 0 spiro atoms. The van der Waals surface area contributed by atoms with Crippen LogP contribution in [-0.4, -0.2) is 16.1 Å². The highest BCUT2D eigenvalue weighted by Gasteiger charge is 2.17. The summed E-state index contributed by atoms with van der Waals surface area (Å²) in [6, 6.07) is 9.96. The molecule has 0 fully saturated rings. The Morgan fingerprint density at radius 2 is 1.26 bits per heavy atom. The number of hydrogen-bond acceptors (Lipinski definition) is 2. The average Bonchev–Trinajstić information content (AvgIpc) is 2.90. The molecule has 0 saturated heterocycles. The number of carbonyl (C=O) groups excluding carboxylic acids is 2. The smallest absolute Gasteiger partial charge is 0.139 e. The van der Waals surface area contributed by atoms with Crippen LogP contribution in [0.1, 0.15) is 38.8 Å². The van der Waals surface area contributed by atoms with E-state index in [1.54, 1.807) is 0 Å². The third-order valence-electron chi connectivity index (χ3n) is 4.07. The first-order valence-corrected chi connectivity index (χ1v) is 8.19. The molecule has 23 heavy (non-hydrogen) atoms. The highest BCUT2D eigenvalue weighted by Crippen LogP contribution is 2.20. The lowest BCUT2D eigenvalue weighted by Crippen LogP contribution is -2.14. The van der Waals surface area contributed by atoms with Gasteiger partial charge < -0.3 is 4.57 Å². The first-order valence-electron chi connectivity index (χ1n) is 8.19. The molecule has 0 N–H and O–H groups in total. The summed E-state index contributed by atoms with van der Waals surface area (Å²) in [5, 5.41) is 0. The minimum Gasteiger partial charge on any atom is -0.323 e. The second-order valence-corrected chi connectivity index (χ2v) is 6.65. The fourth-order valence-electron chi connectivity index (χ4n) is 2.39. The summed E-state index contributed by atoms with van der Waals surface area (Å²) in [5.41, 5.74) is 2.96. The largest absolute Gasteiger partial charge is 0.323 e. The minimum absolute atomic E-state index is 0.00345. The highest BCUT2D eigenvalue weighted by atomic mass is 16.1. The zero-order valence-corrected chi connectivity index (χ0v) is 14.4. The van der Waals surface area contributed by atoms with Gasteiger partial charge in [-0.2, -0.15) is 0 Å². The van der Waals surface area contributed by atoms with E-state index in [-0.39, 0.29) is 23.4 Å². The Balaban J connectivity index is 2.35. The van der Waals surface area contributed by atoms with E-state index in [1.165, 1.54) is 0 Å². The van der Waals surface area contributed by atoms with Crippen molar-refractivity contribution in [2.24, 2.45) is 11.8 Å². The zero-order valence-electron chi connectivity index (χ0n) is 14.4. The Labute approximate surface area is 138 Å². The zero-order chi connectivity index (χ0) is 17.0. The van der Waals surface area contributed by atoms with E-state index in [1.807, 2.05) is 75.0 Å². The SMILES string of the molecule is CC(C)C(=O)Cc1cn(-c2ccccc2)cc1CC(=O)C(C)C. The molecule has 122 valence electrons. The van der Waals surface area contributed by atoms with E-state index in [0.29, 0.717) is 12.8 Å². The Morgan fingerprint density at radius 1 is 0.826 bits per heavy atom. The van der Waals surface area contributed by atoms with Crippen molar-refractivity contribution in [2.45, 2.75) is 40.5 Å². The van der Waals surface area contributed by atoms with Crippen molar-refractivity contribution in [3.63, 3.8) is 0 Å². The number of ketones is 2. The molecule has 3 heteroatoms. The highest BCUT2D eigenvalue weighted by molar-refractivity contribution is 5.85. The second kappa shape index (κ2) is 7.40. The number of rotatable bonds is 7. The van der Waals surface area contributed by atoms with Crippen molar-refractivity contribution in [3.8, 4) is 5.69 Å². The van der Waals surface area contributed by atoms with Crippen LogP contribution in [0.5, 0.6) is 0 Å². The first kappa shape index (κ1) is 17.2. The number of Topliss-reactive ketones (excluding diaryl/α,β-unsaturated/α-hetero) is 2. The predicted molar refractivity (Wildman–Crippen MR) is 92.9 cm³/mol. The van der Waals surface area contributed by atoms with Gasteiger partial charge in [-0.05, 0) is 23.3 Å². The fourth-order valence-corrected chi connectivity index (χ4v) is 2.39. The lowest BCUT2D eigenvalue weighted by Gasteiger charge is -2.06. The molecule has 0 atom stereocenters. The molecule has 3 nitrogen and oxygen atoms in total. The predicted octanol–water partition coefficient (Wildman–Crippen LogP) is 4.01. The van der Waals surface area contributed by atoms with Gasteiger partial charge in [0.2, 0.25) is 0 Å². The number of nitrogens with zero attached hydrogens (tertiary/aromatic N) is 1. The first-order chi connectivity index (χ1) is 10.9. The van der Waals surface area contributed by atoms with E-state index in [0.717, 1.165) is 16.8 Å². The molecule has 0 radical (unpaired) electrons. The van der Waals surface area contributed by atoms with E-state index < -0.39 is 0 Å². The molecule has 2 rings (SSSR count). The van der Waals surface area contributed by atoms with Gasteiger partial charge in [0.25, 0.3) is 0 Å². The van der Waals surface area contributed by atoms with Crippen molar-refractivity contribution in [1.29, 1.82) is 0 Å². The molecule has 2 aromatic rings. The normalized spacial score (nSPS) is 11.2. The van der Waals surface area contributed by atoms with Crippen LogP contribution in [0.3, 0.4) is 0 Å². The minimum atomic E-state index is 0.00345. The van der Waals surface area contributed by atoms with E-state index >= 15 is 0 Å². The molecule has 0 aliphatic rings. The number of benzene rings is 1. The van der Waals surface area contributed by atoms with Crippen LogP contribution in [-0.2, 0) is 22.4 Å². The molecule has 0 saturated carbocycles. The third kappa shape index (κ3) is 4.41. The number of para-hydroxylation sites is 1. The molecule has 0 aliphatic heterocycles. The van der Waals surface area contributed by atoms with Crippen molar-refractivity contribution in [1.82, 2.24) is 4.57 Å². The lowest BCUT2D eigenvalue weighted by atomic mass is 9.96. The van der Waals surface area contributed by atoms with Crippen LogP contribution in [0.15, 0.2) is 42.7 Å². The summed E-state index contributed by atoms with van der Waals surface area (Å²) < 4.78 is 2.01. The molecular formula is C20H25NO2.